The van der Waals surface area contributed by atoms with Crippen molar-refractivity contribution in [2.24, 2.45) is 0 Å². The second-order valence-corrected chi connectivity index (χ2v) is 5.39. The van der Waals surface area contributed by atoms with Gasteiger partial charge in [0.05, 0.1) is 17.0 Å². The van der Waals surface area contributed by atoms with Crippen LogP contribution in [0.3, 0.4) is 0 Å². The lowest BCUT2D eigenvalue weighted by molar-refractivity contribution is 0.0952. The molecule has 1 heterocycles. The number of benzene rings is 1. The van der Waals surface area contributed by atoms with Gasteiger partial charge in [-0.15, -0.1) is 0 Å². The van der Waals surface area contributed by atoms with E-state index in [1.54, 1.807) is 0 Å². The molecule has 0 saturated carbocycles. The van der Waals surface area contributed by atoms with Gasteiger partial charge in [-0.25, -0.2) is 9.97 Å². The number of hydrogen-bond donors (Lipinski definition) is 1. The lowest BCUT2D eigenvalue weighted by Gasteiger charge is -2.10. The largest absolute Gasteiger partial charge is 0.352 e. The summed E-state index contributed by atoms with van der Waals surface area (Å²) in [7, 11) is 0. The minimum Gasteiger partial charge on any atom is -0.352 e. The third-order valence-corrected chi connectivity index (χ3v) is 3.43. The molecule has 0 bridgehead atoms. The Labute approximate surface area is 129 Å². The molecule has 0 atom stereocenters. The molecule has 2 rings (SSSR count). The summed E-state index contributed by atoms with van der Waals surface area (Å²) in [5, 5.41) is 3.61. The van der Waals surface area contributed by atoms with Crippen molar-refractivity contribution in [1.82, 2.24) is 15.3 Å². The number of hydrogen-bond acceptors (Lipinski definition) is 3. The molecule has 21 heavy (non-hydrogen) atoms. The van der Waals surface area contributed by atoms with E-state index in [-0.39, 0.29) is 5.91 Å². The molecule has 0 aliphatic heterocycles. The van der Waals surface area contributed by atoms with Gasteiger partial charge in [0.1, 0.15) is 5.82 Å². The maximum Gasteiger partial charge on any atom is 0.254 e. The Morgan fingerprint density at radius 2 is 1.86 bits per heavy atom. The molecule has 0 radical (unpaired) electrons. The third kappa shape index (κ3) is 4.02. The van der Waals surface area contributed by atoms with Gasteiger partial charge in [0.2, 0.25) is 0 Å². The van der Waals surface area contributed by atoms with Crippen molar-refractivity contribution < 1.29 is 4.79 Å². The molecular formula is C16H18ClN3O. The van der Waals surface area contributed by atoms with Crippen LogP contribution in [0.2, 0.25) is 5.02 Å². The van der Waals surface area contributed by atoms with Crippen LogP contribution in [0.4, 0.5) is 0 Å². The van der Waals surface area contributed by atoms with E-state index < -0.39 is 0 Å². The fourth-order valence-corrected chi connectivity index (χ4v) is 2.53. The second kappa shape index (κ2) is 6.68. The van der Waals surface area contributed by atoms with E-state index in [0.717, 1.165) is 12.0 Å². The Hall–Kier alpha value is -1.94. The first-order chi connectivity index (χ1) is 9.97. The van der Waals surface area contributed by atoms with Crippen LogP contribution >= 0.6 is 11.6 Å². The molecule has 0 spiro atoms. The summed E-state index contributed by atoms with van der Waals surface area (Å²) in [6.07, 6.45) is 0.733. The van der Waals surface area contributed by atoms with E-state index in [2.05, 4.69) is 15.3 Å². The van der Waals surface area contributed by atoms with Crippen molar-refractivity contribution in [2.75, 3.05) is 6.54 Å². The van der Waals surface area contributed by atoms with E-state index >= 15 is 0 Å². The molecule has 0 unspecified atom stereocenters. The maximum atomic E-state index is 12.2. The number of aromatic nitrogens is 2. The quantitative estimate of drug-likeness (QED) is 0.944. The third-order valence-electron chi connectivity index (χ3n) is 3.20. The van der Waals surface area contributed by atoms with E-state index in [9.17, 15) is 4.79 Å². The van der Waals surface area contributed by atoms with Crippen molar-refractivity contribution in [3.05, 3.63) is 57.6 Å². The highest BCUT2D eigenvalue weighted by atomic mass is 35.5. The van der Waals surface area contributed by atoms with Gasteiger partial charge >= 0.3 is 0 Å². The van der Waals surface area contributed by atoms with E-state index in [4.69, 9.17) is 11.6 Å². The van der Waals surface area contributed by atoms with Crippen LogP contribution in [0.5, 0.6) is 0 Å². The Morgan fingerprint density at radius 1 is 1.19 bits per heavy atom. The van der Waals surface area contributed by atoms with Crippen molar-refractivity contribution >= 4 is 17.5 Å². The standard InChI is InChI=1S/C16H18ClN3O/c1-10-15(11(2)20-12(3)19-10)16(21)18-8-7-13-5-4-6-14(17)9-13/h4-6,9H,7-8H2,1-3H3,(H,18,21). The van der Waals surface area contributed by atoms with Gasteiger partial charge < -0.3 is 5.32 Å². The molecule has 1 aromatic carbocycles. The molecule has 2 aromatic rings. The molecule has 0 saturated heterocycles. The van der Waals surface area contributed by atoms with Crippen molar-refractivity contribution in [3.8, 4) is 0 Å². The van der Waals surface area contributed by atoms with Gasteiger partial charge in [-0.2, -0.15) is 0 Å². The summed E-state index contributed by atoms with van der Waals surface area (Å²) in [5.41, 5.74) is 3.07. The molecule has 0 aliphatic rings. The Morgan fingerprint density at radius 3 is 2.48 bits per heavy atom. The molecule has 1 aromatic heterocycles. The second-order valence-electron chi connectivity index (χ2n) is 4.95. The Kier molecular flexibility index (Phi) is 4.91. The topological polar surface area (TPSA) is 54.9 Å². The molecule has 110 valence electrons. The van der Waals surface area contributed by atoms with Gasteiger partial charge in [0.25, 0.3) is 5.91 Å². The van der Waals surface area contributed by atoms with Crippen molar-refractivity contribution in [1.29, 1.82) is 0 Å². The highest BCUT2D eigenvalue weighted by Gasteiger charge is 2.14. The Bertz CT molecular complexity index is 647. The van der Waals surface area contributed by atoms with Crippen LogP contribution in [0, 0.1) is 20.8 Å². The number of nitrogens with one attached hydrogen (secondary N) is 1. The van der Waals surface area contributed by atoms with Gasteiger partial charge in [0, 0.05) is 11.6 Å². The van der Waals surface area contributed by atoms with Gasteiger partial charge in [-0.3, -0.25) is 4.79 Å². The highest BCUT2D eigenvalue weighted by molar-refractivity contribution is 6.30. The van der Waals surface area contributed by atoms with E-state index in [0.29, 0.717) is 34.3 Å². The SMILES string of the molecule is Cc1nc(C)c(C(=O)NCCc2cccc(Cl)c2)c(C)n1. The summed E-state index contributed by atoms with van der Waals surface area (Å²) >= 11 is 5.93. The number of carbonyl (C=O) groups is 1. The first-order valence-electron chi connectivity index (χ1n) is 6.82. The zero-order chi connectivity index (χ0) is 15.4. The maximum absolute atomic E-state index is 12.2. The minimum atomic E-state index is -0.132. The van der Waals surface area contributed by atoms with Gasteiger partial charge in [-0.05, 0) is 44.9 Å². The molecule has 5 heteroatoms. The number of nitrogens with zero attached hydrogens (tertiary/aromatic N) is 2. The first-order valence-corrected chi connectivity index (χ1v) is 7.19. The number of aryl methyl sites for hydroxylation is 3. The molecule has 1 N–H and O–H groups in total. The number of rotatable bonds is 4. The normalized spacial score (nSPS) is 10.5. The zero-order valence-electron chi connectivity index (χ0n) is 12.4. The zero-order valence-corrected chi connectivity index (χ0v) is 13.2. The number of carbonyl (C=O) groups excluding carboxylic acids is 1. The van der Waals surface area contributed by atoms with Crippen molar-refractivity contribution in [2.45, 2.75) is 27.2 Å². The predicted molar refractivity (Wildman–Crippen MR) is 83.7 cm³/mol. The molecule has 4 nitrogen and oxygen atoms in total. The minimum absolute atomic E-state index is 0.132. The fourth-order valence-electron chi connectivity index (χ4n) is 2.31. The summed E-state index contributed by atoms with van der Waals surface area (Å²) in [5.74, 6) is 0.549. The molecule has 0 aliphatic carbocycles. The fraction of sp³-hybridized carbons (Fsp3) is 0.312. The predicted octanol–water partition coefficient (Wildman–Crippen LogP) is 3.03. The van der Waals surface area contributed by atoms with E-state index in [1.165, 1.54) is 0 Å². The van der Waals surface area contributed by atoms with Crippen LogP contribution in [0.15, 0.2) is 24.3 Å². The first kappa shape index (κ1) is 15.4. The van der Waals surface area contributed by atoms with Crippen molar-refractivity contribution in [3.63, 3.8) is 0 Å². The molecule has 0 fully saturated rings. The van der Waals surface area contributed by atoms with Crippen LogP contribution in [-0.4, -0.2) is 22.4 Å². The van der Waals surface area contributed by atoms with Crippen LogP contribution in [0.1, 0.15) is 33.1 Å². The van der Waals surface area contributed by atoms with Gasteiger partial charge in [-0.1, -0.05) is 23.7 Å². The summed E-state index contributed by atoms with van der Waals surface area (Å²) < 4.78 is 0. The Balaban J connectivity index is 1.99. The summed E-state index contributed by atoms with van der Waals surface area (Å²) in [6, 6.07) is 7.63. The molecular weight excluding hydrogens is 286 g/mol. The average Bonchev–Trinajstić information content (AvgIpc) is 2.37. The number of halogens is 1. The summed E-state index contributed by atoms with van der Waals surface area (Å²) in [6.45, 7) is 6.02. The van der Waals surface area contributed by atoms with Gasteiger partial charge in [0.15, 0.2) is 0 Å². The number of amides is 1. The monoisotopic (exact) mass is 303 g/mol. The average molecular weight is 304 g/mol. The van der Waals surface area contributed by atoms with Crippen LogP contribution in [0.25, 0.3) is 0 Å². The molecule has 1 amide bonds. The summed E-state index contributed by atoms with van der Waals surface area (Å²) in [4.78, 5) is 20.7. The van der Waals surface area contributed by atoms with E-state index in [1.807, 2.05) is 45.0 Å². The lowest BCUT2D eigenvalue weighted by atomic mass is 10.1. The van der Waals surface area contributed by atoms with Crippen LogP contribution < -0.4 is 5.32 Å². The van der Waals surface area contributed by atoms with Crippen LogP contribution in [-0.2, 0) is 6.42 Å². The smallest absolute Gasteiger partial charge is 0.254 e. The lowest BCUT2D eigenvalue weighted by Crippen LogP contribution is -2.28. The highest BCUT2D eigenvalue weighted by Crippen LogP contribution is 2.12.